The molecule has 2 aromatic carbocycles. The van der Waals surface area contributed by atoms with Crippen LogP contribution in [0.15, 0.2) is 58.5 Å². The lowest BCUT2D eigenvalue weighted by atomic mass is 10.2. The van der Waals surface area contributed by atoms with Crippen molar-refractivity contribution in [1.82, 2.24) is 4.98 Å². The molecule has 0 radical (unpaired) electrons. The Morgan fingerprint density at radius 1 is 1.11 bits per heavy atom. The van der Waals surface area contributed by atoms with Gasteiger partial charge in [0, 0.05) is 31.9 Å². The maximum absolute atomic E-state index is 9.32. The van der Waals surface area contributed by atoms with Crippen LogP contribution in [0.3, 0.4) is 0 Å². The molecular formula is C15H12ClNOS. The lowest BCUT2D eigenvalue weighted by Gasteiger charge is -2.06. The maximum atomic E-state index is 9.32. The molecule has 0 fully saturated rings. The van der Waals surface area contributed by atoms with E-state index in [0.717, 1.165) is 31.3 Å². The van der Waals surface area contributed by atoms with Crippen molar-refractivity contribution < 1.29 is 5.11 Å². The second-order valence-electron chi connectivity index (χ2n) is 4.25. The Morgan fingerprint density at radius 2 is 1.89 bits per heavy atom. The molecule has 96 valence electrons. The van der Waals surface area contributed by atoms with Gasteiger partial charge < -0.3 is 10.1 Å². The van der Waals surface area contributed by atoms with Gasteiger partial charge in [0.05, 0.1) is 6.61 Å². The monoisotopic (exact) mass is 289 g/mol. The third-order valence-electron chi connectivity index (χ3n) is 2.91. The molecule has 0 aliphatic carbocycles. The smallest absolute Gasteiger partial charge is 0.0683 e. The Balaban J connectivity index is 2.03. The van der Waals surface area contributed by atoms with Gasteiger partial charge in [-0.05, 0) is 48.0 Å². The van der Waals surface area contributed by atoms with Crippen molar-refractivity contribution in [2.75, 3.05) is 0 Å². The van der Waals surface area contributed by atoms with E-state index in [1.807, 2.05) is 42.6 Å². The first-order chi connectivity index (χ1) is 9.26. The van der Waals surface area contributed by atoms with Gasteiger partial charge in [-0.1, -0.05) is 23.4 Å². The fraction of sp³-hybridized carbons (Fsp3) is 0.0667. The van der Waals surface area contributed by atoms with Crippen molar-refractivity contribution in [3.8, 4) is 0 Å². The molecule has 19 heavy (non-hydrogen) atoms. The Labute approximate surface area is 120 Å². The summed E-state index contributed by atoms with van der Waals surface area (Å²) in [5.41, 5.74) is 1.95. The highest BCUT2D eigenvalue weighted by molar-refractivity contribution is 7.99. The highest BCUT2D eigenvalue weighted by Crippen LogP contribution is 2.34. The summed E-state index contributed by atoms with van der Waals surface area (Å²) in [6, 6.07) is 13.8. The van der Waals surface area contributed by atoms with Crippen LogP contribution in [0, 0.1) is 0 Å². The molecule has 0 spiro atoms. The third kappa shape index (κ3) is 2.63. The van der Waals surface area contributed by atoms with Crippen LogP contribution in [0.2, 0.25) is 5.02 Å². The standard InChI is InChI=1S/C15H12ClNOS/c16-11-1-3-12(4-2-11)19-15-8-10(9-18)7-14-13(15)5-6-17-14/h1-8,17-18H,9H2. The van der Waals surface area contributed by atoms with E-state index in [9.17, 15) is 5.11 Å². The van der Waals surface area contributed by atoms with Crippen molar-refractivity contribution in [2.24, 2.45) is 0 Å². The van der Waals surface area contributed by atoms with Crippen LogP contribution in [0.1, 0.15) is 5.56 Å². The van der Waals surface area contributed by atoms with Crippen molar-refractivity contribution in [2.45, 2.75) is 16.4 Å². The van der Waals surface area contributed by atoms with Crippen molar-refractivity contribution >= 4 is 34.3 Å². The van der Waals surface area contributed by atoms with Gasteiger partial charge in [0.1, 0.15) is 0 Å². The molecule has 3 rings (SSSR count). The number of halogens is 1. The van der Waals surface area contributed by atoms with Gasteiger partial charge in [-0.2, -0.15) is 0 Å². The third-order valence-corrected chi connectivity index (χ3v) is 4.23. The van der Waals surface area contributed by atoms with E-state index in [4.69, 9.17) is 11.6 Å². The number of fused-ring (bicyclic) bond motifs is 1. The molecule has 1 aromatic heterocycles. The summed E-state index contributed by atoms with van der Waals surface area (Å²) in [6.45, 7) is 0.0448. The SMILES string of the molecule is OCc1cc(Sc2ccc(Cl)cc2)c2cc[nH]c2c1. The molecule has 0 saturated heterocycles. The van der Waals surface area contributed by atoms with Crippen LogP contribution in [0.5, 0.6) is 0 Å². The lowest BCUT2D eigenvalue weighted by molar-refractivity contribution is 0.282. The molecule has 3 aromatic rings. The lowest BCUT2D eigenvalue weighted by Crippen LogP contribution is -1.85. The fourth-order valence-corrected chi connectivity index (χ4v) is 3.15. The molecule has 0 amide bonds. The van der Waals surface area contributed by atoms with Gasteiger partial charge >= 0.3 is 0 Å². The number of aliphatic hydroxyl groups excluding tert-OH is 1. The van der Waals surface area contributed by atoms with Crippen LogP contribution in [-0.2, 0) is 6.61 Å². The number of hydrogen-bond acceptors (Lipinski definition) is 2. The maximum Gasteiger partial charge on any atom is 0.0683 e. The fourth-order valence-electron chi connectivity index (χ4n) is 2.00. The first-order valence-corrected chi connectivity index (χ1v) is 7.10. The normalized spacial score (nSPS) is 11.1. The van der Waals surface area contributed by atoms with Gasteiger partial charge in [0.2, 0.25) is 0 Å². The number of benzene rings is 2. The van der Waals surface area contributed by atoms with E-state index in [2.05, 4.69) is 11.1 Å². The average molecular weight is 290 g/mol. The van der Waals surface area contributed by atoms with Crippen LogP contribution in [0.25, 0.3) is 10.9 Å². The van der Waals surface area contributed by atoms with Crippen LogP contribution in [-0.4, -0.2) is 10.1 Å². The number of H-pyrrole nitrogens is 1. The first-order valence-electron chi connectivity index (χ1n) is 5.90. The summed E-state index contributed by atoms with van der Waals surface area (Å²) in [6.07, 6.45) is 1.91. The van der Waals surface area contributed by atoms with Gasteiger partial charge in [-0.25, -0.2) is 0 Å². The topological polar surface area (TPSA) is 36.0 Å². The van der Waals surface area contributed by atoms with E-state index in [-0.39, 0.29) is 6.61 Å². The average Bonchev–Trinajstić information content (AvgIpc) is 2.89. The Bertz CT molecular complexity index is 706. The molecule has 2 N–H and O–H groups in total. The minimum absolute atomic E-state index is 0.0448. The van der Waals surface area contributed by atoms with Gasteiger partial charge in [0.25, 0.3) is 0 Å². The summed E-state index contributed by atoms with van der Waals surface area (Å²) < 4.78 is 0. The number of aliphatic hydroxyl groups is 1. The van der Waals surface area contributed by atoms with E-state index >= 15 is 0 Å². The summed E-state index contributed by atoms with van der Waals surface area (Å²) in [5.74, 6) is 0. The summed E-state index contributed by atoms with van der Waals surface area (Å²) in [5, 5.41) is 11.2. The molecule has 2 nitrogen and oxygen atoms in total. The molecule has 0 atom stereocenters. The van der Waals surface area contributed by atoms with Gasteiger partial charge in [0.15, 0.2) is 0 Å². The molecule has 0 bridgehead atoms. The van der Waals surface area contributed by atoms with Crippen LogP contribution in [0.4, 0.5) is 0 Å². The predicted octanol–water partition coefficient (Wildman–Crippen LogP) is 4.46. The van der Waals surface area contributed by atoms with E-state index in [0.29, 0.717) is 0 Å². The van der Waals surface area contributed by atoms with Gasteiger partial charge in [-0.3, -0.25) is 0 Å². The Morgan fingerprint density at radius 3 is 2.63 bits per heavy atom. The van der Waals surface area contributed by atoms with Crippen molar-refractivity contribution in [1.29, 1.82) is 0 Å². The molecule has 1 heterocycles. The summed E-state index contributed by atoms with van der Waals surface area (Å²) >= 11 is 7.56. The minimum atomic E-state index is 0.0448. The summed E-state index contributed by atoms with van der Waals surface area (Å²) in [7, 11) is 0. The summed E-state index contributed by atoms with van der Waals surface area (Å²) in [4.78, 5) is 5.44. The quantitative estimate of drug-likeness (QED) is 0.746. The largest absolute Gasteiger partial charge is 0.392 e. The minimum Gasteiger partial charge on any atom is -0.392 e. The second kappa shape index (κ2) is 5.29. The highest BCUT2D eigenvalue weighted by Gasteiger charge is 2.06. The zero-order valence-corrected chi connectivity index (χ0v) is 11.6. The molecular weight excluding hydrogens is 278 g/mol. The molecule has 4 heteroatoms. The number of rotatable bonds is 3. The number of nitrogens with one attached hydrogen (secondary N) is 1. The number of aromatic nitrogens is 1. The zero-order chi connectivity index (χ0) is 13.2. The number of aromatic amines is 1. The number of hydrogen-bond donors (Lipinski definition) is 2. The zero-order valence-electron chi connectivity index (χ0n) is 10.1. The Kier molecular flexibility index (Phi) is 3.51. The van der Waals surface area contributed by atoms with E-state index in [1.165, 1.54) is 0 Å². The van der Waals surface area contributed by atoms with Crippen molar-refractivity contribution in [3.63, 3.8) is 0 Å². The molecule has 0 saturated carbocycles. The van der Waals surface area contributed by atoms with E-state index in [1.54, 1.807) is 11.8 Å². The Hall–Kier alpha value is -1.42. The second-order valence-corrected chi connectivity index (χ2v) is 5.80. The van der Waals surface area contributed by atoms with E-state index < -0.39 is 0 Å². The molecule has 0 aliphatic heterocycles. The molecule has 0 aliphatic rings. The van der Waals surface area contributed by atoms with Crippen LogP contribution >= 0.6 is 23.4 Å². The predicted molar refractivity (Wildman–Crippen MR) is 79.8 cm³/mol. The molecule has 0 unspecified atom stereocenters. The van der Waals surface area contributed by atoms with Crippen molar-refractivity contribution in [3.05, 3.63) is 59.2 Å². The van der Waals surface area contributed by atoms with Crippen LogP contribution < -0.4 is 0 Å². The van der Waals surface area contributed by atoms with Gasteiger partial charge in [-0.15, -0.1) is 0 Å². The highest BCUT2D eigenvalue weighted by atomic mass is 35.5. The first kappa shape index (κ1) is 12.6.